The highest BCUT2D eigenvalue weighted by atomic mass is 19.1. The number of nitrogens with two attached hydrogens (primary N) is 1. The van der Waals surface area contributed by atoms with Crippen LogP contribution < -0.4 is 10.6 Å². The maximum absolute atomic E-state index is 12.8. The predicted octanol–water partition coefficient (Wildman–Crippen LogP) is 2.70. The molecule has 0 aliphatic carbocycles. The standard InChI is InChI=1S/C14H21FN2O/c1-17(13-9-7-12(15)8-10-13)14(18)6-4-2-3-5-11-16/h7-10H,2-6,11,16H2,1H3. The third kappa shape index (κ3) is 4.84. The molecule has 4 heteroatoms. The summed E-state index contributed by atoms with van der Waals surface area (Å²) in [5, 5.41) is 0. The molecule has 0 aromatic heterocycles. The van der Waals surface area contributed by atoms with Crippen LogP contribution in [0.1, 0.15) is 32.1 Å². The maximum Gasteiger partial charge on any atom is 0.226 e. The van der Waals surface area contributed by atoms with Gasteiger partial charge in [-0.15, -0.1) is 0 Å². The number of carbonyl (C=O) groups excluding carboxylic acids is 1. The summed E-state index contributed by atoms with van der Waals surface area (Å²) >= 11 is 0. The second-order valence-corrected chi connectivity index (χ2v) is 4.38. The summed E-state index contributed by atoms with van der Waals surface area (Å²) < 4.78 is 12.8. The largest absolute Gasteiger partial charge is 0.330 e. The lowest BCUT2D eigenvalue weighted by Gasteiger charge is -2.17. The number of rotatable bonds is 7. The Balaban J connectivity index is 2.34. The minimum atomic E-state index is -0.290. The van der Waals surface area contributed by atoms with Gasteiger partial charge in [0.1, 0.15) is 5.82 Å². The highest BCUT2D eigenvalue weighted by molar-refractivity contribution is 5.92. The molecule has 0 spiro atoms. The average Bonchev–Trinajstić information content (AvgIpc) is 2.38. The van der Waals surface area contributed by atoms with Crippen LogP contribution in [0.5, 0.6) is 0 Å². The van der Waals surface area contributed by atoms with E-state index < -0.39 is 0 Å². The maximum atomic E-state index is 12.8. The van der Waals surface area contributed by atoms with Crippen LogP contribution in [0.2, 0.25) is 0 Å². The van der Waals surface area contributed by atoms with Gasteiger partial charge in [0.2, 0.25) is 5.91 Å². The van der Waals surface area contributed by atoms with E-state index in [9.17, 15) is 9.18 Å². The number of hydrogen-bond donors (Lipinski definition) is 1. The first-order valence-corrected chi connectivity index (χ1v) is 6.37. The molecule has 100 valence electrons. The summed E-state index contributed by atoms with van der Waals surface area (Å²) in [5.74, 6) is -0.226. The second kappa shape index (κ2) is 7.82. The molecule has 0 aliphatic rings. The van der Waals surface area contributed by atoms with E-state index in [1.165, 1.54) is 12.1 Å². The highest BCUT2D eigenvalue weighted by Gasteiger charge is 2.10. The fourth-order valence-corrected chi connectivity index (χ4v) is 1.75. The number of carbonyl (C=O) groups is 1. The van der Waals surface area contributed by atoms with Crippen molar-refractivity contribution in [3.63, 3.8) is 0 Å². The normalized spacial score (nSPS) is 10.4. The van der Waals surface area contributed by atoms with E-state index in [1.54, 1.807) is 24.1 Å². The molecule has 0 heterocycles. The number of nitrogens with zero attached hydrogens (tertiary/aromatic N) is 1. The zero-order chi connectivity index (χ0) is 13.4. The van der Waals surface area contributed by atoms with Crippen molar-refractivity contribution in [1.29, 1.82) is 0 Å². The summed E-state index contributed by atoms with van der Waals surface area (Å²) in [6, 6.07) is 5.95. The van der Waals surface area contributed by atoms with E-state index >= 15 is 0 Å². The molecular weight excluding hydrogens is 231 g/mol. The molecule has 1 amide bonds. The molecule has 0 aliphatic heterocycles. The molecule has 0 radical (unpaired) electrons. The Morgan fingerprint density at radius 1 is 1.17 bits per heavy atom. The Bertz CT molecular complexity index is 365. The van der Waals surface area contributed by atoms with Crippen LogP contribution in [0, 0.1) is 5.82 Å². The molecule has 0 unspecified atom stereocenters. The molecule has 0 bridgehead atoms. The number of halogens is 1. The SMILES string of the molecule is CN(C(=O)CCCCCCN)c1ccc(F)cc1. The monoisotopic (exact) mass is 252 g/mol. The van der Waals surface area contributed by atoms with Gasteiger partial charge in [-0.3, -0.25) is 4.79 Å². The van der Waals surface area contributed by atoms with Crippen LogP contribution >= 0.6 is 0 Å². The molecule has 18 heavy (non-hydrogen) atoms. The Morgan fingerprint density at radius 2 is 1.78 bits per heavy atom. The molecule has 0 atom stereocenters. The Kier molecular flexibility index (Phi) is 6.36. The Hall–Kier alpha value is -1.42. The van der Waals surface area contributed by atoms with E-state index in [0.29, 0.717) is 13.0 Å². The van der Waals surface area contributed by atoms with Gasteiger partial charge < -0.3 is 10.6 Å². The van der Waals surface area contributed by atoms with Crippen molar-refractivity contribution in [3.05, 3.63) is 30.1 Å². The van der Waals surface area contributed by atoms with Gasteiger partial charge in [0.25, 0.3) is 0 Å². The van der Waals surface area contributed by atoms with Crippen molar-refractivity contribution in [2.75, 3.05) is 18.5 Å². The summed E-state index contributed by atoms with van der Waals surface area (Å²) in [7, 11) is 1.72. The quantitative estimate of drug-likeness (QED) is 0.758. The predicted molar refractivity (Wildman–Crippen MR) is 71.9 cm³/mol. The molecule has 0 saturated heterocycles. The van der Waals surface area contributed by atoms with Crippen LogP contribution in [0.4, 0.5) is 10.1 Å². The van der Waals surface area contributed by atoms with E-state index in [-0.39, 0.29) is 11.7 Å². The lowest BCUT2D eigenvalue weighted by Crippen LogP contribution is -2.25. The molecule has 1 aromatic carbocycles. The average molecular weight is 252 g/mol. The van der Waals surface area contributed by atoms with Gasteiger partial charge in [0.15, 0.2) is 0 Å². The lowest BCUT2D eigenvalue weighted by molar-refractivity contribution is -0.118. The van der Waals surface area contributed by atoms with E-state index in [0.717, 1.165) is 31.4 Å². The molecule has 1 rings (SSSR count). The van der Waals surface area contributed by atoms with Crippen molar-refractivity contribution in [2.45, 2.75) is 32.1 Å². The number of hydrogen-bond acceptors (Lipinski definition) is 2. The van der Waals surface area contributed by atoms with Crippen LogP contribution in [-0.2, 0) is 4.79 Å². The minimum absolute atomic E-state index is 0.0642. The zero-order valence-corrected chi connectivity index (χ0v) is 10.9. The number of unbranched alkanes of at least 4 members (excludes halogenated alkanes) is 3. The zero-order valence-electron chi connectivity index (χ0n) is 10.9. The van der Waals surface area contributed by atoms with Gasteiger partial charge in [-0.05, 0) is 43.7 Å². The van der Waals surface area contributed by atoms with Gasteiger partial charge in [-0.1, -0.05) is 12.8 Å². The van der Waals surface area contributed by atoms with Crippen molar-refractivity contribution in [1.82, 2.24) is 0 Å². The number of anilines is 1. The lowest BCUT2D eigenvalue weighted by atomic mass is 10.1. The number of amides is 1. The minimum Gasteiger partial charge on any atom is -0.330 e. The van der Waals surface area contributed by atoms with Crippen LogP contribution in [0.3, 0.4) is 0 Å². The molecule has 0 saturated carbocycles. The Labute approximate surface area is 108 Å². The Morgan fingerprint density at radius 3 is 2.39 bits per heavy atom. The van der Waals surface area contributed by atoms with Crippen molar-refractivity contribution < 1.29 is 9.18 Å². The molecule has 2 N–H and O–H groups in total. The second-order valence-electron chi connectivity index (χ2n) is 4.38. The summed E-state index contributed by atoms with van der Waals surface area (Å²) in [4.78, 5) is 13.4. The molecule has 1 aromatic rings. The first-order chi connectivity index (χ1) is 8.65. The summed E-state index contributed by atoms with van der Waals surface area (Å²) in [6.07, 6.45) is 4.52. The summed E-state index contributed by atoms with van der Waals surface area (Å²) in [5.41, 5.74) is 6.13. The number of benzene rings is 1. The van der Waals surface area contributed by atoms with E-state index in [2.05, 4.69) is 0 Å². The van der Waals surface area contributed by atoms with Gasteiger partial charge in [0.05, 0.1) is 0 Å². The van der Waals surface area contributed by atoms with Gasteiger partial charge >= 0.3 is 0 Å². The molecule has 0 fully saturated rings. The molecular formula is C14H21FN2O. The third-order valence-electron chi connectivity index (χ3n) is 2.93. The smallest absolute Gasteiger partial charge is 0.226 e. The van der Waals surface area contributed by atoms with Crippen molar-refractivity contribution >= 4 is 11.6 Å². The summed E-state index contributed by atoms with van der Waals surface area (Å²) in [6.45, 7) is 0.712. The van der Waals surface area contributed by atoms with Gasteiger partial charge in [0, 0.05) is 19.2 Å². The van der Waals surface area contributed by atoms with Crippen LogP contribution in [0.15, 0.2) is 24.3 Å². The fraction of sp³-hybridized carbons (Fsp3) is 0.500. The van der Waals surface area contributed by atoms with E-state index in [4.69, 9.17) is 5.73 Å². The highest BCUT2D eigenvalue weighted by Crippen LogP contribution is 2.15. The first-order valence-electron chi connectivity index (χ1n) is 6.37. The third-order valence-corrected chi connectivity index (χ3v) is 2.93. The van der Waals surface area contributed by atoms with Crippen LogP contribution in [0.25, 0.3) is 0 Å². The van der Waals surface area contributed by atoms with Crippen molar-refractivity contribution in [3.8, 4) is 0 Å². The van der Waals surface area contributed by atoms with Crippen LogP contribution in [-0.4, -0.2) is 19.5 Å². The van der Waals surface area contributed by atoms with Gasteiger partial charge in [-0.25, -0.2) is 4.39 Å². The first kappa shape index (κ1) is 14.6. The van der Waals surface area contributed by atoms with Crippen molar-refractivity contribution in [2.24, 2.45) is 5.73 Å². The molecule has 3 nitrogen and oxygen atoms in total. The topological polar surface area (TPSA) is 46.3 Å². The fourth-order valence-electron chi connectivity index (χ4n) is 1.75. The van der Waals surface area contributed by atoms with Gasteiger partial charge in [-0.2, -0.15) is 0 Å². The van der Waals surface area contributed by atoms with E-state index in [1.807, 2.05) is 0 Å².